The maximum Gasteiger partial charge on any atom is 0.348 e. The van der Waals surface area contributed by atoms with Crippen LogP contribution in [0.1, 0.15) is 16.1 Å². The van der Waals surface area contributed by atoms with Crippen LogP contribution in [0.2, 0.25) is 0 Å². The van der Waals surface area contributed by atoms with Crippen LogP contribution in [0.15, 0.2) is 94.7 Å². The highest BCUT2D eigenvalue weighted by atomic mass is 32.2. The van der Waals surface area contributed by atoms with E-state index in [1.807, 2.05) is 6.07 Å². The molecule has 32 heavy (non-hydrogen) atoms. The van der Waals surface area contributed by atoms with Crippen molar-refractivity contribution >= 4 is 15.8 Å². The van der Waals surface area contributed by atoms with E-state index < -0.39 is 15.8 Å². The molecule has 0 bridgehead atoms. The van der Waals surface area contributed by atoms with Crippen LogP contribution >= 0.6 is 0 Å². The van der Waals surface area contributed by atoms with Gasteiger partial charge in [0.05, 0.1) is 23.4 Å². The molecule has 4 aromatic rings. The second-order valence-electron chi connectivity index (χ2n) is 6.87. The molecule has 7 nitrogen and oxygen atoms in total. The summed E-state index contributed by atoms with van der Waals surface area (Å²) in [5.41, 5.74) is 0.921. The molecule has 1 aromatic heterocycles. The van der Waals surface area contributed by atoms with Gasteiger partial charge in [-0.05, 0) is 43.3 Å². The zero-order chi connectivity index (χ0) is 22.7. The van der Waals surface area contributed by atoms with Crippen molar-refractivity contribution in [3.63, 3.8) is 0 Å². The SMILES string of the molecule is COc1ccccc1C(=O)Oc1c(S(=O)(=O)c2ccccc2)c(C)nn1-c1ccccc1. The monoisotopic (exact) mass is 448 g/mol. The molecule has 0 N–H and O–H groups in total. The lowest BCUT2D eigenvalue weighted by atomic mass is 10.2. The molecule has 0 saturated heterocycles. The molecule has 0 spiro atoms. The number of methoxy groups -OCH3 is 1. The van der Waals surface area contributed by atoms with Gasteiger partial charge in [-0.2, -0.15) is 9.78 Å². The lowest BCUT2D eigenvalue weighted by Gasteiger charge is -2.12. The quantitative estimate of drug-likeness (QED) is 0.410. The van der Waals surface area contributed by atoms with Crippen molar-refractivity contribution in [1.82, 2.24) is 9.78 Å². The van der Waals surface area contributed by atoms with Crippen molar-refractivity contribution in [2.75, 3.05) is 7.11 Å². The number of hydrogen-bond donors (Lipinski definition) is 0. The first-order valence-electron chi connectivity index (χ1n) is 9.74. The van der Waals surface area contributed by atoms with Crippen LogP contribution in [-0.4, -0.2) is 31.3 Å². The fourth-order valence-corrected chi connectivity index (χ4v) is 4.85. The standard InChI is InChI=1S/C24H20N2O5S/c1-17-22(32(28,29)19-13-7-4-8-14-19)23(26(25-17)18-11-5-3-6-12-18)31-24(27)20-15-9-10-16-21(20)30-2/h3-16H,1-2H3. The Balaban J connectivity index is 1.90. The lowest BCUT2D eigenvalue weighted by molar-refractivity contribution is 0.0714. The van der Waals surface area contributed by atoms with Gasteiger partial charge >= 0.3 is 5.97 Å². The van der Waals surface area contributed by atoms with Crippen molar-refractivity contribution in [2.24, 2.45) is 0 Å². The molecule has 0 aliphatic carbocycles. The molecule has 0 amide bonds. The second kappa shape index (κ2) is 8.68. The van der Waals surface area contributed by atoms with Crippen molar-refractivity contribution < 1.29 is 22.7 Å². The molecule has 1 heterocycles. The average molecular weight is 449 g/mol. The van der Waals surface area contributed by atoms with Gasteiger partial charge in [0, 0.05) is 0 Å². The molecule has 0 unspecified atom stereocenters. The van der Waals surface area contributed by atoms with Crippen LogP contribution in [-0.2, 0) is 9.84 Å². The topological polar surface area (TPSA) is 87.5 Å². The minimum atomic E-state index is -4.02. The number of aromatic nitrogens is 2. The summed E-state index contributed by atoms with van der Waals surface area (Å²) in [5.74, 6) is -0.634. The maximum atomic E-state index is 13.5. The fourth-order valence-electron chi connectivity index (χ4n) is 3.31. The molecular weight excluding hydrogens is 428 g/mol. The molecule has 0 saturated carbocycles. The van der Waals surface area contributed by atoms with Crippen LogP contribution in [0.4, 0.5) is 0 Å². The van der Waals surface area contributed by atoms with Crippen LogP contribution in [0.25, 0.3) is 5.69 Å². The summed E-state index contributed by atoms with van der Waals surface area (Å²) < 4.78 is 39.2. The van der Waals surface area contributed by atoms with E-state index in [1.54, 1.807) is 73.7 Å². The van der Waals surface area contributed by atoms with Gasteiger partial charge in [-0.25, -0.2) is 13.2 Å². The van der Waals surface area contributed by atoms with Crippen molar-refractivity contribution in [2.45, 2.75) is 16.7 Å². The van der Waals surface area contributed by atoms with E-state index in [0.29, 0.717) is 11.4 Å². The molecule has 0 aliphatic heterocycles. The van der Waals surface area contributed by atoms with Gasteiger partial charge in [-0.1, -0.05) is 48.5 Å². The van der Waals surface area contributed by atoms with Crippen LogP contribution in [0, 0.1) is 6.92 Å². The highest BCUT2D eigenvalue weighted by Gasteiger charge is 2.32. The number of benzene rings is 3. The predicted molar refractivity (Wildman–Crippen MR) is 118 cm³/mol. The number of sulfone groups is 1. The first-order chi connectivity index (χ1) is 15.4. The van der Waals surface area contributed by atoms with Crippen molar-refractivity contribution in [3.8, 4) is 17.3 Å². The smallest absolute Gasteiger partial charge is 0.348 e. The Kier molecular flexibility index (Phi) is 5.79. The summed E-state index contributed by atoms with van der Waals surface area (Å²) in [4.78, 5) is 13.0. The summed E-state index contributed by atoms with van der Waals surface area (Å²) in [6, 6.07) is 23.4. The number of carbonyl (C=O) groups is 1. The molecular formula is C24H20N2O5S. The number of ether oxygens (including phenoxy) is 2. The number of esters is 1. The largest absolute Gasteiger partial charge is 0.496 e. The van der Waals surface area contributed by atoms with E-state index in [4.69, 9.17) is 9.47 Å². The van der Waals surface area contributed by atoms with Crippen LogP contribution < -0.4 is 9.47 Å². The zero-order valence-electron chi connectivity index (χ0n) is 17.4. The van der Waals surface area contributed by atoms with E-state index in [1.165, 1.54) is 23.9 Å². The number of hydrogen-bond acceptors (Lipinski definition) is 6. The third kappa shape index (κ3) is 3.88. The number of aryl methyl sites for hydroxylation is 1. The number of nitrogens with zero attached hydrogens (tertiary/aromatic N) is 2. The van der Waals surface area contributed by atoms with Gasteiger partial charge in [-0.15, -0.1) is 0 Å². The minimum absolute atomic E-state index is 0.0744. The Morgan fingerprint density at radius 2 is 1.47 bits per heavy atom. The van der Waals surface area contributed by atoms with E-state index in [0.717, 1.165) is 0 Å². The van der Waals surface area contributed by atoms with E-state index in [9.17, 15) is 13.2 Å². The van der Waals surface area contributed by atoms with E-state index in [2.05, 4.69) is 5.10 Å². The van der Waals surface area contributed by atoms with Crippen LogP contribution in [0.5, 0.6) is 11.6 Å². The Morgan fingerprint density at radius 1 is 0.875 bits per heavy atom. The Hall–Kier alpha value is -3.91. The third-order valence-electron chi connectivity index (χ3n) is 4.80. The number of carbonyl (C=O) groups excluding carboxylic acids is 1. The predicted octanol–water partition coefficient (Wildman–Crippen LogP) is 4.24. The minimum Gasteiger partial charge on any atom is -0.496 e. The van der Waals surface area contributed by atoms with Crippen molar-refractivity contribution in [3.05, 3.63) is 96.2 Å². The lowest BCUT2D eigenvalue weighted by Crippen LogP contribution is -2.15. The summed E-state index contributed by atoms with van der Waals surface area (Å²) in [6.45, 7) is 1.57. The first-order valence-corrected chi connectivity index (χ1v) is 11.2. The molecule has 8 heteroatoms. The summed E-state index contributed by atoms with van der Waals surface area (Å²) in [7, 11) is -2.58. The average Bonchev–Trinajstić information content (AvgIpc) is 3.16. The summed E-state index contributed by atoms with van der Waals surface area (Å²) in [5, 5.41) is 4.39. The van der Waals surface area contributed by atoms with E-state index >= 15 is 0 Å². The van der Waals surface area contributed by atoms with Gasteiger partial charge in [0.2, 0.25) is 15.7 Å². The summed E-state index contributed by atoms with van der Waals surface area (Å²) >= 11 is 0. The number of rotatable bonds is 6. The first kappa shape index (κ1) is 21.3. The molecule has 3 aromatic carbocycles. The van der Waals surface area contributed by atoms with Gasteiger partial charge in [0.1, 0.15) is 11.3 Å². The van der Waals surface area contributed by atoms with Gasteiger partial charge in [-0.3, -0.25) is 0 Å². The van der Waals surface area contributed by atoms with Crippen LogP contribution in [0.3, 0.4) is 0 Å². The van der Waals surface area contributed by atoms with Crippen molar-refractivity contribution in [1.29, 1.82) is 0 Å². The Labute approximate surface area is 185 Å². The normalized spacial score (nSPS) is 11.2. The van der Waals surface area contributed by atoms with Gasteiger partial charge < -0.3 is 9.47 Å². The molecule has 4 rings (SSSR count). The molecule has 162 valence electrons. The zero-order valence-corrected chi connectivity index (χ0v) is 18.2. The highest BCUT2D eigenvalue weighted by Crippen LogP contribution is 2.35. The van der Waals surface area contributed by atoms with E-state index in [-0.39, 0.29) is 26.9 Å². The molecule has 0 radical (unpaired) electrons. The second-order valence-corrected chi connectivity index (χ2v) is 8.76. The summed E-state index contributed by atoms with van der Waals surface area (Å²) in [6.07, 6.45) is 0. The Bertz CT molecular complexity index is 1360. The molecule has 0 atom stereocenters. The van der Waals surface area contributed by atoms with Gasteiger partial charge in [0.25, 0.3) is 0 Å². The maximum absolute atomic E-state index is 13.5. The Morgan fingerprint density at radius 3 is 2.12 bits per heavy atom. The third-order valence-corrected chi connectivity index (χ3v) is 6.70. The molecule has 0 fully saturated rings. The van der Waals surface area contributed by atoms with Gasteiger partial charge in [0.15, 0.2) is 4.90 Å². The molecule has 0 aliphatic rings. The fraction of sp³-hybridized carbons (Fsp3) is 0.0833. The highest BCUT2D eigenvalue weighted by molar-refractivity contribution is 7.91. The number of para-hydroxylation sites is 2.